The fraction of sp³-hybridized carbons (Fsp3) is 0.250. The largest absolute Gasteiger partial charge is 0.494 e. The van der Waals surface area contributed by atoms with Gasteiger partial charge in [0, 0.05) is 0 Å². The summed E-state index contributed by atoms with van der Waals surface area (Å²) in [5.74, 6) is 0.944. The molecule has 0 amide bonds. The molecule has 0 saturated heterocycles. The standard InChI is InChI=1S/C8H10O.H2O/c1-2-9-8-6-4-3-5-7-8;/h3-7H,2H2,1H3;1H2. The average Bonchev–Trinajstić information content (AvgIpc) is 1.91. The molecular weight excluding hydrogens is 128 g/mol. The second kappa shape index (κ2) is 4.82. The van der Waals surface area contributed by atoms with Crippen LogP contribution in [0, 0.1) is 0 Å². The summed E-state index contributed by atoms with van der Waals surface area (Å²) in [6.45, 7) is 2.72. The third-order valence-corrected chi connectivity index (χ3v) is 1.05. The van der Waals surface area contributed by atoms with Crippen LogP contribution in [0.25, 0.3) is 0 Å². The van der Waals surface area contributed by atoms with E-state index in [0.29, 0.717) is 0 Å². The Balaban J connectivity index is 0.000000810. The maximum absolute atomic E-state index is 5.21. The topological polar surface area (TPSA) is 40.7 Å². The van der Waals surface area contributed by atoms with Crippen LogP contribution in [0.5, 0.6) is 5.75 Å². The highest BCUT2D eigenvalue weighted by molar-refractivity contribution is 5.20. The van der Waals surface area contributed by atoms with Crippen LogP contribution in [0.3, 0.4) is 0 Å². The van der Waals surface area contributed by atoms with E-state index < -0.39 is 0 Å². The Morgan fingerprint density at radius 3 is 2.30 bits per heavy atom. The lowest BCUT2D eigenvalue weighted by molar-refractivity contribution is 0.340. The van der Waals surface area contributed by atoms with Gasteiger partial charge in [0.15, 0.2) is 0 Å². The number of para-hydroxylation sites is 1. The fourth-order valence-corrected chi connectivity index (χ4v) is 0.683. The van der Waals surface area contributed by atoms with E-state index in [9.17, 15) is 0 Å². The van der Waals surface area contributed by atoms with E-state index in [1.807, 2.05) is 37.3 Å². The van der Waals surface area contributed by atoms with Crippen molar-refractivity contribution in [2.45, 2.75) is 6.92 Å². The second-order valence-corrected chi connectivity index (χ2v) is 1.75. The van der Waals surface area contributed by atoms with Crippen LogP contribution in [-0.2, 0) is 0 Å². The third kappa shape index (κ3) is 2.51. The van der Waals surface area contributed by atoms with E-state index in [1.165, 1.54) is 0 Å². The van der Waals surface area contributed by atoms with Crippen molar-refractivity contribution in [3.8, 4) is 5.75 Å². The lowest BCUT2D eigenvalue weighted by atomic mass is 10.3. The normalized spacial score (nSPS) is 8.10. The molecule has 0 aliphatic heterocycles. The number of rotatable bonds is 2. The van der Waals surface area contributed by atoms with E-state index in [2.05, 4.69) is 0 Å². The van der Waals surface area contributed by atoms with Crippen LogP contribution in [0.4, 0.5) is 0 Å². The lowest BCUT2D eigenvalue weighted by Gasteiger charge is -1.99. The maximum Gasteiger partial charge on any atom is 0.119 e. The SMILES string of the molecule is CCOc1ccccc1.O. The molecule has 10 heavy (non-hydrogen) atoms. The van der Waals surface area contributed by atoms with Crippen LogP contribution >= 0.6 is 0 Å². The summed E-state index contributed by atoms with van der Waals surface area (Å²) in [5, 5.41) is 0. The van der Waals surface area contributed by atoms with Gasteiger partial charge in [-0.25, -0.2) is 0 Å². The van der Waals surface area contributed by atoms with Crippen molar-refractivity contribution in [1.82, 2.24) is 0 Å². The minimum atomic E-state index is 0. The van der Waals surface area contributed by atoms with Crippen molar-refractivity contribution < 1.29 is 10.2 Å². The molecule has 2 N–H and O–H groups in total. The quantitative estimate of drug-likeness (QED) is 0.609. The van der Waals surface area contributed by atoms with Crippen molar-refractivity contribution in [3.63, 3.8) is 0 Å². The summed E-state index contributed by atoms with van der Waals surface area (Å²) >= 11 is 0. The smallest absolute Gasteiger partial charge is 0.119 e. The van der Waals surface area contributed by atoms with E-state index in [1.54, 1.807) is 0 Å². The van der Waals surface area contributed by atoms with Crippen LogP contribution in [0.2, 0.25) is 0 Å². The van der Waals surface area contributed by atoms with Gasteiger partial charge >= 0.3 is 0 Å². The predicted octanol–water partition coefficient (Wildman–Crippen LogP) is 1.26. The highest BCUT2D eigenvalue weighted by atomic mass is 16.5. The summed E-state index contributed by atoms with van der Waals surface area (Å²) < 4.78 is 5.21. The van der Waals surface area contributed by atoms with E-state index in [-0.39, 0.29) is 5.48 Å². The molecule has 0 fully saturated rings. The molecule has 0 unspecified atom stereocenters. The molecular formula is C8H12O2. The molecule has 2 nitrogen and oxygen atoms in total. The Morgan fingerprint density at radius 1 is 1.20 bits per heavy atom. The zero-order valence-corrected chi connectivity index (χ0v) is 6.00. The summed E-state index contributed by atoms with van der Waals surface area (Å²) in [5.41, 5.74) is 0. The predicted molar refractivity (Wildman–Crippen MR) is 41.2 cm³/mol. The van der Waals surface area contributed by atoms with Crippen LogP contribution in [0.1, 0.15) is 6.92 Å². The van der Waals surface area contributed by atoms with Gasteiger partial charge in [-0.2, -0.15) is 0 Å². The molecule has 0 radical (unpaired) electrons. The maximum atomic E-state index is 5.21. The number of ether oxygens (including phenoxy) is 1. The van der Waals surface area contributed by atoms with Gasteiger partial charge in [-0.15, -0.1) is 0 Å². The van der Waals surface area contributed by atoms with Gasteiger partial charge in [-0.3, -0.25) is 0 Å². The molecule has 1 aromatic rings. The van der Waals surface area contributed by atoms with Crippen LogP contribution < -0.4 is 4.74 Å². The first-order valence-electron chi connectivity index (χ1n) is 3.11. The minimum absolute atomic E-state index is 0. The highest BCUT2D eigenvalue weighted by Gasteiger charge is 1.83. The zero-order chi connectivity index (χ0) is 6.53. The van der Waals surface area contributed by atoms with Crippen LogP contribution in [0.15, 0.2) is 30.3 Å². The first-order chi connectivity index (χ1) is 4.43. The molecule has 56 valence electrons. The third-order valence-electron chi connectivity index (χ3n) is 1.05. The van der Waals surface area contributed by atoms with E-state index in [4.69, 9.17) is 4.74 Å². The monoisotopic (exact) mass is 140 g/mol. The van der Waals surface area contributed by atoms with E-state index >= 15 is 0 Å². The van der Waals surface area contributed by atoms with Gasteiger partial charge in [0.05, 0.1) is 6.61 Å². The van der Waals surface area contributed by atoms with E-state index in [0.717, 1.165) is 12.4 Å². The number of hydrogen-bond donors (Lipinski definition) is 0. The Labute approximate surface area is 60.8 Å². The Kier molecular flexibility index (Phi) is 4.33. The number of benzene rings is 1. The first-order valence-corrected chi connectivity index (χ1v) is 3.11. The minimum Gasteiger partial charge on any atom is -0.494 e. The molecule has 0 spiro atoms. The summed E-state index contributed by atoms with van der Waals surface area (Å²) in [7, 11) is 0. The molecule has 1 rings (SSSR count). The molecule has 0 aromatic heterocycles. The van der Waals surface area contributed by atoms with Crippen molar-refractivity contribution in [1.29, 1.82) is 0 Å². The zero-order valence-electron chi connectivity index (χ0n) is 6.00. The Bertz CT molecular complexity index is 160. The van der Waals surface area contributed by atoms with Crippen molar-refractivity contribution in [3.05, 3.63) is 30.3 Å². The van der Waals surface area contributed by atoms with Gasteiger partial charge in [0.2, 0.25) is 0 Å². The van der Waals surface area contributed by atoms with Crippen molar-refractivity contribution >= 4 is 0 Å². The summed E-state index contributed by atoms with van der Waals surface area (Å²) in [6.07, 6.45) is 0. The van der Waals surface area contributed by atoms with Crippen molar-refractivity contribution in [2.24, 2.45) is 0 Å². The molecule has 1 aromatic carbocycles. The molecule has 0 atom stereocenters. The lowest BCUT2D eigenvalue weighted by Crippen LogP contribution is -1.89. The molecule has 2 heteroatoms. The Hall–Kier alpha value is -1.02. The molecule has 0 aliphatic rings. The molecule has 0 aliphatic carbocycles. The van der Waals surface area contributed by atoms with Gasteiger partial charge < -0.3 is 10.2 Å². The second-order valence-electron chi connectivity index (χ2n) is 1.75. The van der Waals surface area contributed by atoms with Gasteiger partial charge in [-0.05, 0) is 19.1 Å². The molecule has 0 heterocycles. The molecule has 0 bridgehead atoms. The van der Waals surface area contributed by atoms with Crippen LogP contribution in [-0.4, -0.2) is 12.1 Å². The van der Waals surface area contributed by atoms with Gasteiger partial charge in [0.1, 0.15) is 5.75 Å². The highest BCUT2D eigenvalue weighted by Crippen LogP contribution is 2.06. The number of hydrogen-bond acceptors (Lipinski definition) is 1. The first kappa shape index (κ1) is 8.98. The fourth-order valence-electron chi connectivity index (χ4n) is 0.683. The Morgan fingerprint density at radius 2 is 1.80 bits per heavy atom. The van der Waals surface area contributed by atoms with Crippen molar-refractivity contribution in [2.75, 3.05) is 6.61 Å². The summed E-state index contributed by atoms with van der Waals surface area (Å²) in [4.78, 5) is 0. The molecule has 0 saturated carbocycles. The summed E-state index contributed by atoms with van der Waals surface area (Å²) in [6, 6.07) is 9.80. The van der Waals surface area contributed by atoms with Gasteiger partial charge in [-0.1, -0.05) is 18.2 Å². The van der Waals surface area contributed by atoms with Gasteiger partial charge in [0.25, 0.3) is 0 Å². The average molecular weight is 140 g/mol.